The molecule has 0 saturated carbocycles. The average molecular weight is 225 g/mol. The Labute approximate surface area is 91.2 Å². The zero-order valence-corrected chi connectivity index (χ0v) is 8.54. The third kappa shape index (κ3) is 3.52. The van der Waals surface area contributed by atoms with Crippen LogP contribution in [0.25, 0.3) is 0 Å². The SMILES string of the molecule is Cc1nccc(NC(CC(=O)O)C(=O)O)n1. The molecule has 0 spiro atoms. The Hall–Kier alpha value is -2.18. The molecule has 3 N–H and O–H groups in total. The normalized spacial score (nSPS) is 11.8. The summed E-state index contributed by atoms with van der Waals surface area (Å²) in [5.74, 6) is -1.66. The van der Waals surface area contributed by atoms with Gasteiger partial charge in [-0.3, -0.25) is 4.79 Å². The summed E-state index contributed by atoms with van der Waals surface area (Å²) in [4.78, 5) is 29.0. The topological polar surface area (TPSA) is 112 Å². The van der Waals surface area contributed by atoms with E-state index in [0.717, 1.165) is 0 Å². The summed E-state index contributed by atoms with van der Waals surface area (Å²) < 4.78 is 0. The average Bonchev–Trinajstić information content (AvgIpc) is 2.15. The van der Waals surface area contributed by atoms with E-state index in [9.17, 15) is 9.59 Å². The minimum absolute atomic E-state index is 0.293. The molecule has 1 heterocycles. The maximum Gasteiger partial charge on any atom is 0.326 e. The Morgan fingerprint density at radius 1 is 1.50 bits per heavy atom. The van der Waals surface area contributed by atoms with Crippen LogP contribution in [0.5, 0.6) is 0 Å². The van der Waals surface area contributed by atoms with Gasteiger partial charge in [-0.05, 0) is 13.0 Å². The quantitative estimate of drug-likeness (QED) is 0.652. The van der Waals surface area contributed by atoms with Crippen molar-refractivity contribution in [3.8, 4) is 0 Å². The maximum absolute atomic E-state index is 10.8. The number of carboxylic acids is 2. The van der Waals surface area contributed by atoms with Crippen molar-refractivity contribution in [1.29, 1.82) is 0 Å². The number of aliphatic carboxylic acids is 2. The molecule has 1 atom stereocenters. The molecule has 0 fully saturated rings. The molecule has 0 aliphatic heterocycles. The monoisotopic (exact) mass is 225 g/mol. The Kier molecular flexibility index (Phi) is 3.76. The van der Waals surface area contributed by atoms with Crippen LogP contribution < -0.4 is 5.32 Å². The Bertz CT molecular complexity index is 407. The smallest absolute Gasteiger partial charge is 0.326 e. The van der Waals surface area contributed by atoms with E-state index < -0.39 is 24.4 Å². The maximum atomic E-state index is 10.8. The van der Waals surface area contributed by atoms with Gasteiger partial charge in [0.25, 0.3) is 0 Å². The Balaban J connectivity index is 2.75. The largest absolute Gasteiger partial charge is 0.481 e. The van der Waals surface area contributed by atoms with Gasteiger partial charge in [0.05, 0.1) is 6.42 Å². The van der Waals surface area contributed by atoms with Crippen LogP contribution in [0, 0.1) is 6.92 Å². The van der Waals surface area contributed by atoms with Crippen LogP contribution in [0.4, 0.5) is 5.82 Å². The van der Waals surface area contributed by atoms with E-state index in [1.54, 1.807) is 6.92 Å². The fourth-order valence-corrected chi connectivity index (χ4v) is 1.09. The minimum Gasteiger partial charge on any atom is -0.481 e. The van der Waals surface area contributed by atoms with Gasteiger partial charge in [-0.15, -0.1) is 0 Å². The summed E-state index contributed by atoms with van der Waals surface area (Å²) in [5.41, 5.74) is 0. The molecule has 86 valence electrons. The van der Waals surface area contributed by atoms with Gasteiger partial charge in [0.15, 0.2) is 0 Å². The second-order valence-electron chi connectivity index (χ2n) is 3.12. The minimum atomic E-state index is -1.24. The number of carbonyl (C=O) groups is 2. The number of hydrogen-bond acceptors (Lipinski definition) is 5. The lowest BCUT2D eigenvalue weighted by Crippen LogP contribution is -2.32. The summed E-state index contributed by atoms with van der Waals surface area (Å²) in [6.07, 6.45) is 0.947. The molecular weight excluding hydrogens is 214 g/mol. The Morgan fingerprint density at radius 2 is 2.19 bits per heavy atom. The van der Waals surface area contributed by atoms with Gasteiger partial charge in [-0.25, -0.2) is 14.8 Å². The summed E-state index contributed by atoms with van der Waals surface area (Å²) in [6, 6.07) is 0.275. The first-order valence-corrected chi connectivity index (χ1v) is 4.50. The molecule has 0 radical (unpaired) electrons. The molecule has 0 aromatic carbocycles. The fraction of sp³-hybridized carbons (Fsp3) is 0.333. The predicted molar refractivity (Wildman–Crippen MR) is 54.1 cm³/mol. The van der Waals surface area contributed by atoms with Crippen molar-refractivity contribution >= 4 is 17.8 Å². The molecule has 1 rings (SSSR count). The number of aromatic nitrogens is 2. The van der Waals surface area contributed by atoms with E-state index in [2.05, 4.69) is 15.3 Å². The number of rotatable bonds is 5. The van der Waals surface area contributed by atoms with Crippen LogP contribution in [0.2, 0.25) is 0 Å². The highest BCUT2D eigenvalue weighted by Gasteiger charge is 2.21. The first-order chi connectivity index (χ1) is 7.49. The Morgan fingerprint density at radius 3 is 2.69 bits per heavy atom. The number of anilines is 1. The van der Waals surface area contributed by atoms with Crippen LogP contribution in [-0.2, 0) is 9.59 Å². The molecule has 16 heavy (non-hydrogen) atoms. The molecule has 0 amide bonds. The first-order valence-electron chi connectivity index (χ1n) is 4.50. The van der Waals surface area contributed by atoms with Crippen molar-refractivity contribution in [2.45, 2.75) is 19.4 Å². The predicted octanol–water partition coefficient (Wildman–Crippen LogP) is 0.125. The van der Waals surface area contributed by atoms with Gasteiger partial charge >= 0.3 is 11.9 Å². The third-order valence-corrected chi connectivity index (χ3v) is 1.77. The number of hydrogen-bond donors (Lipinski definition) is 3. The van der Waals surface area contributed by atoms with Gasteiger partial charge in [0.1, 0.15) is 17.7 Å². The van der Waals surface area contributed by atoms with E-state index >= 15 is 0 Å². The molecule has 1 unspecified atom stereocenters. The molecule has 1 aromatic heterocycles. The standard InChI is InChI=1S/C9H11N3O4/c1-5-10-3-2-7(11-5)12-6(9(15)16)4-8(13)14/h2-3,6H,4H2,1H3,(H,13,14)(H,15,16)(H,10,11,12). The summed E-state index contributed by atoms with van der Waals surface area (Å²) in [7, 11) is 0. The number of nitrogens with zero attached hydrogens (tertiary/aromatic N) is 2. The molecule has 0 aliphatic carbocycles. The second-order valence-corrected chi connectivity index (χ2v) is 3.12. The fourth-order valence-electron chi connectivity index (χ4n) is 1.09. The van der Waals surface area contributed by atoms with Gasteiger partial charge < -0.3 is 15.5 Å². The van der Waals surface area contributed by atoms with Crippen LogP contribution in [0.1, 0.15) is 12.2 Å². The van der Waals surface area contributed by atoms with E-state index in [-0.39, 0.29) is 0 Å². The van der Waals surface area contributed by atoms with E-state index in [1.807, 2.05) is 0 Å². The molecule has 0 saturated heterocycles. The van der Waals surface area contributed by atoms with Gasteiger partial charge in [0, 0.05) is 6.20 Å². The highest BCUT2D eigenvalue weighted by atomic mass is 16.4. The van der Waals surface area contributed by atoms with Crippen LogP contribution >= 0.6 is 0 Å². The highest BCUT2D eigenvalue weighted by molar-refractivity contribution is 5.83. The first kappa shape index (κ1) is 11.9. The molecule has 1 aromatic rings. The van der Waals surface area contributed by atoms with Crippen LogP contribution in [0.15, 0.2) is 12.3 Å². The van der Waals surface area contributed by atoms with Crippen molar-refractivity contribution in [3.05, 3.63) is 18.1 Å². The van der Waals surface area contributed by atoms with Crippen molar-refractivity contribution in [2.75, 3.05) is 5.32 Å². The number of carboxylic acid groups (broad SMARTS) is 2. The van der Waals surface area contributed by atoms with Gasteiger partial charge in [0.2, 0.25) is 0 Å². The lowest BCUT2D eigenvalue weighted by Gasteiger charge is -2.12. The van der Waals surface area contributed by atoms with E-state index in [0.29, 0.717) is 11.6 Å². The molecule has 7 heteroatoms. The van der Waals surface area contributed by atoms with Crippen molar-refractivity contribution < 1.29 is 19.8 Å². The van der Waals surface area contributed by atoms with Crippen molar-refractivity contribution in [2.24, 2.45) is 0 Å². The van der Waals surface area contributed by atoms with Crippen LogP contribution in [-0.4, -0.2) is 38.2 Å². The molecule has 0 aliphatic rings. The second kappa shape index (κ2) is 5.06. The summed E-state index contributed by atoms with van der Waals surface area (Å²) in [5, 5.41) is 19.8. The number of aryl methyl sites for hydroxylation is 1. The van der Waals surface area contributed by atoms with E-state index in [4.69, 9.17) is 10.2 Å². The zero-order chi connectivity index (χ0) is 12.1. The zero-order valence-electron chi connectivity index (χ0n) is 8.54. The van der Waals surface area contributed by atoms with Gasteiger partial charge in [-0.1, -0.05) is 0 Å². The highest BCUT2D eigenvalue weighted by Crippen LogP contribution is 2.06. The molecular formula is C9H11N3O4. The van der Waals surface area contributed by atoms with Crippen LogP contribution in [0.3, 0.4) is 0 Å². The lowest BCUT2D eigenvalue weighted by molar-refractivity contribution is -0.144. The summed E-state index contributed by atoms with van der Waals surface area (Å²) in [6.45, 7) is 1.65. The number of nitrogens with one attached hydrogen (secondary N) is 1. The van der Waals surface area contributed by atoms with Gasteiger partial charge in [-0.2, -0.15) is 0 Å². The third-order valence-electron chi connectivity index (χ3n) is 1.77. The van der Waals surface area contributed by atoms with E-state index in [1.165, 1.54) is 12.3 Å². The summed E-state index contributed by atoms with van der Waals surface area (Å²) >= 11 is 0. The van der Waals surface area contributed by atoms with Crippen molar-refractivity contribution in [1.82, 2.24) is 9.97 Å². The van der Waals surface area contributed by atoms with Crippen molar-refractivity contribution in [3.63, 3.8) is 0 Å². The molecule has 7 nitrogen and oxygen atoms in total. The lowest BCUT2D eigenvalue weighted by atomic mass is 10.2. The molecule has 0 bridgehead atoms.